The number of amides is 1. The summed E-state index contributed by atoms with van der Waals surface area (Å²) in [6.45, 7) is 4.10. The summed E-state index contributed by atoms with van der Waals surface area (Å²) in [6.07, 6.45) is 0. The van der Waals surface area contributed by atoms with E-state index in [-0.39, 0.29) is 5.91 Å². The molecule has 0 bridgehead atoms. The Kier molecular flexibility index (Phi) is 4.32. The highest BCUT2D eigenvalue weighted by Gasteiger charge is 2.22. The second-order valence-corrected chi connectivity index (χ2v) is 7.04. The second-order valence-electron chi connectivity index (χ2n) is 6.60. The van der Waals surface area contributed by atoms with Crippen LogP contribution in [0.25, 0.3) is 21.9 Å². The van der Waals surface area contributed by atoms with Crippen LogP contribution in [0.5, 0.6) is 0 Å². The molecule has 0 atom stereocenters. The van der Waals surface area contributed by atoms with Gasteiger partial charge in [0.1, 0.15) is 11.4 Å². The van der Waals surface area contributed by atoms with Gasteiger partial charge in [-0.25, -0.2) is 9.97 Å². The van der Waals surface area contributed by atoms with Crippen LogP contribution in [-0.2, 0) is 6.54 Å². The lowest BCUT2D eigenvalue weighted by Gasteiger charge is -2.16. The van der Waals surface area contributed by atoms with E-state index < -0.39 is 0 Å². The van der Waals surface area contributed by atoms with Gasteiger partial charge < -0.3 is 9.32 Å². The van der Waals surface area contributed by atoms with Crippen LogP contribution in [0.1, 0.15) is 27.6 Å². The molecule has 1 amide bonds. The first kappa shape index (κ1) is 17.5. The first-order valence-corrected chi connectivity index (χ1v) is 8.98. The predicted octanol–water partition coefficient (Wildman–Crippen LogP) is 4.92. The molecule has 0 unspecified atom stereocenters. The number of aromatic nitrogens is 2. The third-order valence-electron chi connectivity index (χ3n) is 4.66. The molecule has 0 aliphatic heterocycles. The maximum Gasteiger partial charge on any atom is 0.290 e. The number of aryl methyl sites for hydroxylation is 2. The molecule has 6 heteroatoms. The largest absolute Gasteiger partial charge is 0.451 e. The van der Waals surface area contributed by atoms with Crippen LogP contribution in [0.2, 0.25) is 5.02 Å². The van der Waals surface area contributed by atoms with Crippen LogP contribution in [0, 0.1) is 13.8 Å². The zero-order valence-electron chi connectivity index (χ0n) is 15.3. The second kappa shape index (κ2) is 6.67. The highest BCUT2D eigenvalue weighted by Crippen LogP contribution is 2.28. The highest BCUT2D eigenvalue weighted by molar-refractivity contribution is 6.31. The molecule has 0 aliphatic carbocycles. The van der Waals surface area contributed by atoms with Gasteiger partial charge in [-0.3, -0.25) is 4.79 Å². The van der Waals surface area contributed by atoms with Crippen LogP contribution in [0.4, 0.5) is 0 Å². The topological polar surface area (TPSA) is 59.2 Å². The molecule has 2 aromatic heterocycles. The molecule has 0 saturated heterocycles. The zero-order chi connectivity index (χ0) is 19.1. The first-order valence-electron chi connectivity index (χ1n) is 8.60. The molecule has 136 valence electrons. The normalized spacial score (nSPS) is 11.3. The van der Waals surface area contributed by atoms with Gasteiger partial charge in [-0.05, 0) is 38.1 Å². The third kappa shape index (κ3) is 3.15. The average Bonchev–Trinajstić information content (AvgIpc) is 2.97. The Morgan fingerprint density at radius 2 is 1.89 bits per heavy atom. The van der Waals surface area contributed by atoms with Crippen LogP contribution in [0.3, 0.4) is 0 Å². The Morgan fingerprint density at radius 3 is 2.70 bits per heavy atom. The Balaban J connectivity index is 1.64. The molecule has 4 rings (SSSR count). The van der Waals surface area contributed by atoms with E-state index in [0.29, 0.717) is 28.7 Å². The third-order valence-corrected chi connectivity index (χ3v) is 4.89. The molecule has 0 N–H and O–H groups in total. The quantitative estimate of drug-likeness (QED) is 0.507. The van der Waals surface area contributed by atoms with Gasteiger partial charge in [0, 0.05) is 34.1 Å². The average molecular weight is 380 g/mol. The number of nitrogens with zero attached hydrogens (tertiary/aromatic N) is 3. The molecule has 0 fully saturated rings. The van der Waals surface area contributed by atoms with Crippen molar-refractivity contribution in [3.8, 4) is 0 Å². The number of hydrogen-bond acceptors (Lipinski definition) is 4. The molecule has 0 spiro atoms. The van der Waals surface area contributed by atoms with Gasteiger partial charge in [0.25, 0.3) is 5.91 Å². The number of para-hydroxylation sites is 1. The minimum absolute atomic E-state index is 0.214. The summed E-state index contributed by atoms with van der Waals surface area (Å²) in [5.74, 6) is 0.695. The van der Waals surface area contributed by atoms with E-state index in [1.54, 1.807) is 24.1 Å². The van der Waals surface area contributed by atoms with Gasteiger partial charge in [-0.15, -0.1) is 0 Å². The predicted molar refractivity (Wildman–Crippen MR) is 106 cm³/mol. The van der Waals surface area contributed by atoms with Crippen molar-refractivity contribution in [1.82, 2.24) is 14.9 Å². The van der Waals surface area contributed by atoms with Crippen molar-refractivity contribution < 1.29 is 9.21 Å². The lowest BCUT2D eigenvalue weighted by atomic mass is 10.1. The summed E-state index contributed by atoms with van der Waals surface area (Å²) in [7, 11) is 1.72. The van der Waals surface area contributed by atoms with Gasteiger partial charge in [-0.1, -0.05) is 29.8 Å². The number of furan rings is 1. The van der Waals surface area contributed by atoms with E-state index in [1.165, 1.54) is 0 Å². The van der Waals surface area contributed by atoms with E-state index in [4.69, 9.17) is 16.0 Å². The summed E-state index contributed by atoms with van der Waals surface area (Å²) in [5, 5.41) is 2.47. The maximum absolute atomic E-state index is 12.9. The fourth-order valence-corrected chi connectivity index (χ4v) is 3.39. The summed E-state index contributed by atoms with van der Waals surface area (Å²) in [4.78, 5) is 23.6. The maximum atomic E-state index is 12.9. The molecular formula is C21H18ClN3O2. The molecule has 0 radical (unpaired) electrons. The van der Waals surface area contributed by atoms with Gasteiger partial charge in [0.2, 0.25) is 0 Å². The zero-order valence-corrected chi connectivity index (χ0v) is 16.0. The Hall–Kier alpha value is -2.92. The summed E-state index contributed by atoms with van der Waals surface area (Å²) in [5.41, 5.74) is 3.19. The summed E-state index contributed by atoms with van der Waals surface area (Å²) < 4.78 is 5.78. The molecule has 5 nitrogen and oxygen atoms in total. The number of fused-ring (bicyclic) bond motifs is 2. The molecule has 2 heterocycles. The number of carbonyl (C=O) groups excluding carboxylic acids is 1. The molecule has 0 aliphatic rings. The number of hydrogen-bond donors (Lipinski definition) is 0. The van der Waals surface area contributed by atoms with Crippen LogP contribution < -0.4 is 0 Å². The number of benzene rings is 2. The van der Waals surface area contributed by atoms with Crippen molar-refractivity contribution in [3.63, 3.8) is 0 Å². The minimum atomic E-state index is -0.214. The molecular weight excluding hydrogens is 362 g/mol. The summed E-state index contributed by atoms with van der Waals surface area (Å²) >= 11 is 6.06. The van der Waals surface area contributed by atoms with Crippen LogP contribution in [0.15, 0.2) is 46.9 Å². The van der Waals surface area contributed by atoms with E-state index in [9.17, 15) is 4.79 Å². The Labute approximate surface area is 161 Å². The van der Waals surface area contributed by atoms with Crippen molar-refractivity contribution in [2.45, 2.75) is 20.4 Å². The van der Waals surface area contributed by atoms with Gasteiger partial charge in [0.15, 0.2) is 5.76 Å². The van der Waals surface area contributed by atoms with Crippen LogP contribution >= 0.6 is 11.6 Å². The van der Waals surface area contributed by atoms with E-state index in [2.05, 4.69) is 9.97 Å². The fourth-order valence-electron chi connectivity index (χ4n) is 3.22. The first-order chi connectivity index (χ1) is 12.9. The summed E-state index contributed by atoms with van der Waals surface area (Å²) in [6, 6.07) is 13.2. The fraction of sp³-hybridized carbons (Fsp3) is 0.190. The lowest BCUT2D eigenvalue weighted by Crippen LogP contribution is -2.27. The lowest BCUT2D eigenvalue weighted by molar-refractivity contribution is 0.0751. The monoisotopic (exact) mass is 379 g/mol. The van der Waals surface area contributed by atoms with Gasteiger partial charge in [0.05, 0.1) is 12.1 Å². The highest BCUT2D eigenvalue weighted by atomic mass is 35.5. The number of halogens is 1. The van der Waals surface area contributed by atoms with E-state index >= 15 is 0 Å². The number of carbonyl (C=O) groups is 1. The van der Waals surface area contributed by atoms with E-state index in [0.717, 1.165) is 27.5 Å². The standard InChI is InChI=1S/C21H18ClN3O2/c1-12-16-10-14(22)8-9-18(16)27-20(12)21(26)25(3)11-19-23-13(2)15-6-4-5-7-17(15)24-19/h4-10H,11H2,1-3H3. The van der Waals surface area contributed by atoms with Gasteiger partial charge >= 0.3 is 0 Å². The minimum Gasteiger partial charge on any atom is -0.451 e. The molecule has 0 saturated carbocycles. The smallest absolute Gasteiger partial charge is 0.290 e. The molecule has 2 aromatic carbocycles. The van der Waals surface area contributed by atoms with Crippen LogP contribution in [-0.4, -0.2) is 27.8 Å². The Morgan fingerprint density at radius 1 is 1.11 bits per heavy atom. The van der Waals surface area contributed by atoms with Gasteiger partial charge in [-0.2, -0.15) is 0 Å². The SMILES string of the molecule is Cc1nc(CN(C)C(=O)c2oc3ccc(Cl)cc3c2C)nc2ccccc12. The van der Waals surface area contributed by atoms with Crippen molar-refractivity contribution in [2.75, 3.05) is 7.05 Å². The number of rotatable bonds is 3. The van der Waals surface area contributed by atoms with E-state index in [1.807, 2.05) is 44.2 Å². The Bertz CT molecular complexity index is 1180. The van der Waals surface area contributed by atoms with Crippen molar-refractivity contribution in [3.05, 3.63) is 70.3 Å². The molecule has 27 heavy (non-hydrogen) atoms. The van der Waals surface area contributed by atoms with Crippen molar-refractivity contribution in [1.29, 1.82) is 0 Å². The molecule has 4 aromatic rings. The van der Waals surface area contributed by atoms with Crippen molar-refractivity contribution in [2.24, 2.45) is 0 Å². The van der Waals surface area contributed by atoms with Crippen molar-refractivity contribution >= 4 is 39.4 Å².